The third-order valence-corrected chi connectivity index (χ3v) is 9.65. The minimum Gasteiger partial charge on any atom is -0.469 e. The van der Waals surface area contributed by atoms with Crippen LogP contribution in [0.5, 0.6) is 0 Å². The quantitative estimate of drug-likeness (QED) is 0.135. The van der Waals surface area contributed by atoms with Crippen LogP contribution in [0.15, 0.2) is 47.6 Å². The van der Waals surface area contributed by atoms with Gasteiger partial charge in [-0.1, -0.05) is 0 Å². The predicted octanol–water partition coefficient (Wildman–Crippen LogP) is -3.42. The zero-order chi connectivity index (χ0) is 30.9. The van der Waals surface area contributed by atoms with E-state index in [1.54, 1.807) is 0 Å². The van der Waals surface area contributed by atoms with Crippen molar-refractivity contribution < 1.29 is 14.3 Å². The number of fused-ring (bicyclic) bond motifs is 12. The van der Waals surface area contributed by atoms with Gasteiger partial charge in [-0.15, -0.1) is 22.1 Å². The molecule has 5 heterocycles. The molecule has 0 saturated heterocycles. The number of methoxy groups -OCH3 is 1. The van der Waals surface area contributed by atoms with Crippen molar-refractivity contribution in [3.8, 4) is 0 Å². The monoisotopic (exact) mass is 627 g/mol. The predicted molar refractivity (Wildman–Crippen MR) is 162 cm³/mol. The highest BCUT2D eigenvalue weighted by atomic mass is 16.5. The normalized spacial score (nSPS) is 33.4. The molecule has 12 bridgehead atoms. The molecule has 7 rings (SSSR count). The number of nitrogens with zero attached hydrogens (tertiary/aromatic N) is 4. The number of amides is 1. The number of nitrogens with two attached hydrogens (primary N) is 1. The van der Waals surface area contributed by atoms with Crippen LogP contribution in [0.3, 0.4) is 0 Å². The second-order valence-electron chi connectivity index (χ2n) is 12.7. The van der Waals surface area contributed by atoms with Crippen LogP contribution in [0, 0.1) is 11.8 Å². The second-order valence-corrected chi connectivity index (χ2v) is 12.7. The first-order chi connectivity index (χ1) is 21.9. The third kappa shape index (κ3) is 6.56. The van der Waals surface area contributed by atoms with Gasteiger partial charge in [-0.25, -0.2) is 0 Å². The Bertz CT molecular complexity index is 1190. The molecule has 7 aliphatic rings. The Balaban J connectivity index is 1.10. The molecule has 0 radical (unpaired) electrons. The lowest BCUT2D eigenvalue weighted by atomic mass is 9.81. The van der Waals surface area contributed by atoms with Crippen LogP contribution in [0.4, 0.5) is 0 Å². The molecule has 5 aliphatic heterocycles. The summed E-state index contributed by atoms with van der Waals surface area (Å²) in [7, 11) is 1.46. The lowest BCUT2D eigenvalue weighted by Crippen LogP contribution is -2.54. The standard InChI is InChI=1S/C27H45N15O3/c1-45-27(44)17-4-24-7-25(5-17)42-15-21(34-38-42)11-30-9-19-13-40(36-32-19)23-3-16(26(28)43)2-22(6-23)39-12-18(31-35-39)8-29-10-20-14-41(24)37-33-20/h12-17,22-25,29-38H,2-11H2,1H3,(H2,28,43). The van der Waals surface area contributed by atoms with E-state index in [1.807, 2.05) is 0 Å². The number of carbonyl (C=O) groups is 2. The maximum atomic E-state index is 12.7. The van der Waals surface area contributed by atoms with E-state index in [4.69, 9.17) is 10.5 Å². The number of hydrazine groups is 8. The van der Waals surface area contributed by atoms with Crippen molar-refractivity contribution >= 4 is 11.9 Å². The first-order valence-corrected chi connectivity index (χ1v) is 15.7. The molecule has 0 aromatic carbocycles. The van der Waals surface area contributed by atoms with E-state index in [0.29, 0.717) is 51.9 Å². The average Bonchev–Trinajstić information content (AvgIpc) is 3.88. The first-order valence-electron chi connectivity index (χ1n) is 15.7. The fourth-order valence-corrected chi connectivity index (χ4v) is 7.30. The van der Waals surface area contributed by atoms with Crippen molar-refractivity contribution in [2.75, 3.05) is 33.3 Å². The Labute approximate surface area is 262 Å². The molecule has 2 saturated carbocycles. The molecule has 246 valence electrons. The van der Waals surface area contributed by atoms with E-state index in [0.717, 1.165) is 35.6 Å². The minimum absolute atomic E-state index is 0.0788. The van der Waals surface area contributed by atoms with E-state index in [9.17, 15) is 9.59 Å². The van der Waals surface area contributed by atoms with Crippen molar-refractivity contribution in [2.24, 2.45) is 17.6 Å². The number of nitrogens with one attached hydrogen (secondary N) is 10. The highest BCUT2D eigenvalue weighted by Crippen LogP contribution is 2.33. The molecular weight excluding hydrogens is 582 g/mol. The lowest BCUT2D eigenvalue weighted by Gasteiger charge is -2.40. The molecule has 18 heteroatoms. The van der Waals surface area contributed by atoms with E-state index < -0.39 is 0 Å². The van der Waals surface area contributed by atoms with Gasteiger partial charge in [-0.3, -0.25) is 29.6 Å². The Morgan fingerprint density at radius 2 is 0.933 bits per heavy atom. The SMILES string of the molecule is COC(=O)C1CC2CC(C1)N1C=C(CNCC3=CN(NN3)C3CC(C(N)=O)CC(C3)N3C=C(CNCC4=CN2NN4)NN3)NN1. The number of rotatable bonds is 2. The van der Waals surface area contributed by atoms with Gasteiger partial charge in [0.1, 0.15) is 0 Å². The third-order valence-electron chi connectivity index (χ3n) is 9.65. The topological polar surface area (TPSA) is 203 Å². The highest BCUT2D eigenvalue weighted by molar-refractivity contribution is 5.77. The van der Waals surface area contributed by atoms with Gasteiger partial charge >= 0.3 is 5.97 Å². The summed E-state index contributed by atoms with van der Waals surface area (Å²) in [5.41, 5.74) is 36.0. The molecule has 1 amide bonds. The molecule has 0 aromatic heterocycles. The Morgan fingerprint density at radius 1 is 0.600 bits per heavy atom. The molecule has 45 heavy (non-hydrogen) atoms. The van der Waals surface area contributed by atoms with Gasteiger partial charge in [-0.2, -0.15) is 0 Å². The van der Waals surface area contributed by atoms with Crippen LogP contribution < -0.4 is 60.2 Å². The molecule has 2 aliphatic carbocycles. The fraction of sp³-hybridized carbons (Fsp3) is 0.630. The van der Waals surface area contributed by atoms with Crippen LogP contribution >= 0.6 is 0 Å². The first kappa shape index (κ1) is 29.8. The number of ether oxygens (including phenoxy) is 1. The minimum atomic E-state index is -0.265. The summed E-state index contributed by atoms with van der Waals surface area (Å²) in [5, 5.41) is 15.2. The van der Waals surface area contributed by atoms with Crippen molar-refractivity contribution in [1.29, 1.82) is 0 Å². The number of primary amides is 1. The molecule has 0 aromatic rings. The van der Waals surface area contributed by atoms with Gasteiger partial charge in [0.15, 0.2) is 0 Å². The van der Waals surface area contributed by atoms with Gasteiger partial charge in [-0.05, 0) is 38.5 Å². The fourth-order valence-electron chi connectivity index (χ4n) is 7.30. The summed E-state index contributed by atoms with van der Waals surface area (Å²) in [5.74, 6) is -0.880. The van der Waals surface area contributed by atoms with Crippen LogP contribution in [0.25, 0.3) is 0 Å². The summed E-state index contributed by atoms with van der Waals surface area (Å²) in [6.45, 7) is 2.47. The molecule has 12 N–H and O–H groups in total. The van der Waals surface area contributed by atoms with E-state index in [2.05, 4.69) is 99.3 Å². The smallest absolute Gasteiger partial charge is 0.308 e. The van der Waals surface area contributed by atoms with Crippen molar-refractivity contribution in [2.45, 2.75) is 62.7 Å². The van der Waals surface area contributed by atoms with E-state index >= 15 is 0 Å². The largest absolute Gasteiger partial charge is 0.469 e. The zero-order valence-electron chi connectivity index (χ0n) is 25.4. The lowest BCUT2D eigenvalue weighted by molar-refractivity contribution is -0.148. The average molecular weight is 628 g/mol. The molecule has 18 nitrogen and oxygen atoms in total. The van der Waals surface area contributed by atoms with Gasteiger partial charge < -0.3 is 42.8 Å². The van der Waals surface area contributed by atoms with Crippen LogP contribution in [-0.2, 0) is 14.3 Å². The summed E-state index contributed by atoms with van der Waals surface area (Å²) in [6.07, 6.45) is 12.7. The molecule has 4 unspecified atom stereocenters. The summed E-state index contributed by atoms with van der Waals surface area (Å²) in [4.78, 5) is 25.0. The molecular formula is C27H45N15O3. The maximum Gasteiger partial charge on any atom is 0.308 e. The second kappa shape index (κ2) is 12.8. The van der Waals surface area contributed by atoms with E-state index in [-0.39, 0.29) is 47.9 Å². The van der Waals surface area contributed by atoms with Crippen LogP contribution in [0.1, 0.15) is 38.5 Å². The Hall–Kier alpha value is -3.94. The van der Waals surface area contributed by atoms with Gasteiger partial charge in [0.05, 0.1) is 35.8 Å². The van der Waals surface area contributed by atoms with E-state index in [1.165, 1.54) is 7.11 Å². The molecule has 0 spiro atoms. The summed E-state index contributed by atoms with van der Waals surface area (Å²) in [6, 6.07) is 0.319. The van der Waals surface area contributed by atoms with Gasteiger partial charge in [0, 0.05) is 81.1 Å². The van der Waals surface area contributed by atoms with Crippen molar-refractivity contribution in [1.82, 2.24) is 74.5 Å². The maximum absolute atomic E-state index is 12.7. The van der Waals surface area contributed by atoms with Crippen molar-refractivity contribution in [3.63, 3.8) is 0 Å². The Kier molecular flexibility index (Phi) is 8.47. The zero-order valence-corrected chi connectivity index (χ0v) is 25.4. The van der Waals surface area contributed by atoms with Gasteiger partial charge in [0.25, 0.3) is 0 Å². The summed E-state index contributed by atoms with van der Waals surface area (Å²) < 4.78 is 5.17. The number of hydrogen-bond donors (Lipinski definition) is 11. The van der Waals surface area contributed by atoms with Gasteiger partial charge in [0.2, 0.25) is 5.91 Å². The van der Waals surface area contributed by atoms with Crippen LogP contribution in [-0.4, -0.2) is 89.4 Å². The van der Waals surface area contributed by atoms with Crippen molar-refractivity contribution in [3.05, 3.63) is 47.6 Å². The number of hydrogen-bond acceptors (Lipinski definition) is 17. The highest BCUT2D eigenvalue weighted by Gasteiger charge is 2.40. The van der Waals surface area contributed by atoms with Crippen LogP contribution in [0.2, 0.25) is 0 Å². The Morgan fingerprint density at radius 3 is 1.24 bits per heavy atom. The summed E-state index contributed by atoms with van der Waals surface area (Å²) >= 11 is 0. The number of carbonyl (C=O) groups excluding carboxylic acids is 2. The molecule has 4 atom stereocenters. The molecule has 2 fully saturated rings. The number of esters is 1.